The molecule has 1 N–H and O–H groups in total. The van der Waals surface area contributed by atoms with Gasteiger partial charge in [-0.15, -0.1) is 0 Å². The topological polar surface area (TPSA) is 92.9 Å². The van der Waals surface area contributed by atoms with Crippen LogP contribution in [0.4, 0.5) is 10.5 Å². The van der Waals surface area contributed by atoms with E-state index >= 15 is 0 Å². The summed E-state index contributed by atoms with van der Waals surface area (Å²) in [6.45, 7) is 5.36. The standard InChI is InChI=1S/C17H20N2O5/c1-17(2,3)19(16(21)22)14-6-5-12(23-4)7-11(14)8-15(20)13-9-24-10-18-13/h5-7,9-10H,8H2,1-4H3,(H,21,22). The molecule has 128 valence electrons. The number of carbonyl (C=O) groups excluding carboxylic acids is 1. The molecule has 0 aliphatic heterocycles. The van der Waals surface area contributed by atoms with E-state index in [-0.39, 0.29) is 17.9 Å². The Morgan fingerprint density at radius 2 is 2.04 bits per heavy atom. The van der Waals surface area contributed by atoms with Gasteiger partial charge in [-0.05, 0) is 44.5 Å². The SMILES string of the molecule is COc1ccc(N(C(=O)O)C(C)(C)C)c(CC(=O)c2cocn2)c1. The molecule has 1 aromatic carbocycles. The van der Waals surface area contributed by atoms with Gasteiger partial charge in [0.2, 0.25) is 0 Å². The average molecular weight is 332 g/mol. The first kappa shape index (κ1) is 17.5. The summed E-state index contributed by atoms with van der Waals surface area (Å²) < 4.78 is 10.0. The van der Waals surface area contributed by atoms with Crippen LogP contribution in [0.15, 0.2) is 35.3 Å². The number of hydrogen-bond donors (Lipinski definition) is 1. The van der Waals surface area contributed by atoms with Crippen LogP contribution in [-0.4, -0.2) is 34.6 Å². The largest absolute Gasteiger partial charge is 0.497 e. The van der Waals surface area contributed by atoms with Crippen molar-refractivity contribution in [1.29, 1.82) is 0 Å². The molecule has 0 aliphatic carbocycles. The van der Waals surface area contributed by atoms with Crippen molar-refractivity contribution in [3.63, 3.8) is 0 Å². The molecule has 1 heterocycles. The van der Waals surface area contributed by atoms with E-state index in [0.29, 0.717) is 17.0 Å². The molecule has 0 aliphatic rings. The number of nitrogens with zero attached hydrogens (tertiary/aromatic N) is 2. The number of hydrogen-bond acceptors (Lipinski definition) is 5. The molecule has 2 rings (SSSR count). The van der Waals surface area contributed by atoms with E-state index in [2.05, 4.69) is 4.98 Å². The lowest BCUT2D eigenvalue weighted by Gasteiger charge is -2.34. The van der Waals surface area contributed by atoms with Gasteiger partial charge < -0.3 is 14.3 Å². The van der Waals surface area contributed by atoms with Crippen molar-refractivity contribution < 1.29 is 23.8 Å². The van der Waals surface area contributed by atoms with E-state index in [1.54, 1.807) is 39.0 Å². The predicted molar refractivity (Wildman–Crippen MR) is 87.8 cm³/mol. The lowest BCUT2D eigenvalue weighted by Crippen LogP contribution is -2.45. The van der Waals surface area contributed by atoms with E-state index in [0.717, 1.165) is 0 Å². The first-order valence-corrected chi connectivity index (χ1v) is 7.35. The number of carbonyl (C=O) groups is 2. The van der Waals surface area contributed by atoms with Crippen LogP contribution in [-0.2, 0) is 6.42 Å². The minimum atomic E-state index is -1.09. The zero-order chi connectivity index (χ0) is 17.9. The maximum atomic E-state index is 12.3. The van der Waals surface area contributed by atoms with Gasteiger partial charge in [-0.1, -0.05) is 0 Å². The number of methoxy groups -OCH3 is 1. The molecular weight excluding hydrogens is 312 g/mol. The fourth-order valence-electron chi connectivity index (χ4n) is 2.41. The summed E-state index contributed by atoms with van der Waals surface area (Å²) in [5.41, 5.74) is 0.500. The molecule has 24 heavy (non-hydrogen) atoms. The number of ether oxygens (including phenoxy) is 1. The van der Waals surface area contributed by atoms with Gasteiger partial charge in [0, 0.05) is 12.0 Å². The van der Waals surface area contributed by atoms with Gasteiger partial charge in [-0.2, -0.15) is 0 Å². The van der Waals surface area contributed by atoms with Crippen LogP contribution in [0.2, 0.25) is 0 Å². The number of Topliss-reactive ketones (excluding diaryl/α,β-unsaturated/α-hetero) is 1. The third kappa shape index (κ3) is 3.73. The number of aromatic nitrogens is 1. The van der Waals surface area contributed by atoms with E-state index in [4.69, 9.17) is 9.15 Å². The van der Waals surface area contributed by atoms with Gasteiger partial charge >= 0.3 is 6.09 Å². The van der Waals surface area contributed by atoms with Crippen molar-refractivity contribution >= 4 is 17.6 Å². The lowest BCUT2D eigenvalue weighted by atomic mass is 9.99. The van der Waals surface area contributed by atoms with Crippen LogP contribution in [0.3, 0.4) is 0 Å². The molecule has 0 unspecified atom stereocenters. The normalized spacial score (nSPS) is 11.2. The van der Waals surface area contributed by atoms with E-state index < -0.39 is 11.6 Å². The molecule has 0 spiro atoms. The summed E-state index contributed by atoms with van der Waals surface area (Å²) in [7, 11) is 1.51. The molecule has 0 atom stereocenters. The van der Waals surface area contributed by atoms with Gasteiger partial charge in [-0.3, -0.25) is 9.69 Å². The molecule has 0 bridgehead atoms. The molecule has 0 saturated carbocycles. The van der Waals surface area contributed by atoms with E-state index in [1.807, 2.05) is 0 Å². The number of carboxylic acid groups (broad SMARTS) is 1. The number of rotatable bonds is 5. The quantitative estimate of drug-likeness (QED) is 0.844. The van der Waals surface area contributed by atoms with Crippen LogP contribution in [0.1, 0.15) is 36.8 Å². The summed E-state index contributed by atoms with van der Waals surface area (Å²) in [5, 5.41) is 9.61. The lowest BCUT2D eigenvalue weighted by molar-refractivity contribution is 0.0988. The summed E-state index contributed by atoms with van der Waals surface area (Å²) >= 11 is 0. The van der Waals surface area contributed by atoms with Crippen LogP contribution < -0.4 is 9.64 Å². The Labute approximate surface area is 139 Å². The molecule has 1 amide bonds. The molecule has 7 nitrogen and oxygen atoms in total. The number of oxazole rings is 1. The Morgan fingerprint density at radius 3 is 2.54 bits per heavy atom. The highest BCUT2D eigenvalue weighted by Crippen LogP contribution is 2.31. The molecule has 2 aromatic rings. The van der Waals surface area contributed by atoms with E-state index in [1.165, 1.54) is 24.7 Å². The fourth-order valence-corrected chi connectivity index (χ4v) is 2.41. The highest BCUT2D eigenvalue weighted by atomic mass is 16.5. The monoisotopic (exact) mass is 332 g/mol. The highest BCUT2D eigenvalue weighted by molar-refractivity contribution is 5.97. The van der Waals surface area contributed by atoms with Gasteiger partial charge in [0.1, 0.15) is 17.7 Å². The number of ketones is 1. The molecule has 0 radical (unpaired) electrons. The zero-order valence-corrected chi connectivity index (χ0v) is 14.1. The van der Waals surface area contributed by atoms with Crippen LogP contribution >= 0.6 is 0 Å². The minimum Gasteiger partial charge on any atom is -0.497 e. The second kappa shape index (κ2) is 6.74. The van der Waals surface area contributed by atoms with Crippen LogP contribution in [0.5, 0.6) is 5.75 Å². The Bertz CT molecular complexity index is 732. The van der Waals surface area contributed by atoms with Crippen molar-refractivity contribution in [3.05, 3.63) is 42.1 Å². The molecular formula is C17H20N2O5. The Balaban J connectivity index is 2.48. The van der Waals surface area contributed by atoms with Gasteiger partial charge in [0.05, 0.1) is 12.8 Å². The highest BCUT2D eigenvalue weighted by Gasteiger charge is 2.30. The maximum Gasteiger partial charge on any atom is 0.412 e. The number of anilines is 1. The Hall–Kier alpha value is -2.83. The van der Waals surface area contributed by atoms with Crippen LogP contribution in [0.25, 0.3) is 0 Å². The smallest absolute Gasteiger partial charge is 0.412 e. The first-order chi connectivity index (χ1) is 11.2. The third-order valence-corrected chi connectivity index (χ3v) is 3.46. The van der Waals surface area contributed by atoms with Gasteiger partial charge in [0.15, 0.2) is 12.2 Å². The summed E-state index contributed by atoms with van der Waals surface area (Å²) in [6, 6.07) is 4.97. The number of amides is 1. The minimum absolute atomic E-state index is 0.0150. The second-order valence-electron chi connectivity index (χ2n) is 6.26. The fraction of sp³-hybridized carbons (Fsp3) is 0.353. The first-order valence-electron chi connectivity index (χ1n) is 7.35. The maximum absolute atomic E-state index is 12.3. The second-order valence-corrected chi connectivity index (χ2v) is 6.26. The van der Waals surface area contributed by atoms with E-state index in [9.17, 15) is 14.7 Å². The van der Waals surface area contributed by atoms with Crippen molar-refractivity contribution in [2.24, 2.45) is 0 Å². The van der Waals surface area contributed by atoms with Crippen molar-refractivity contribution in [2.75, 3.05) is 12.0 Å². The van der Waals surface area contributed by atoms with Crippen molar-refractivity contribution in [1.82, 2.24) is 4.98 Å². The van der Waals surface area contributed by atoms with Crippen LogP contribution in [0, 0.1) is 0 Å². The summed E-state index contributed by atoms with van der Waals surface area (Å²) in [5.74, 6) is 0.276. The molecule has 0 fully saturated rings. The third-order valence-electron chi connectivity index (χ3n) is 3.46. The zero-order valence-electron chi connectivity index (χ0n) is 14.1. The summed E-state index contributed by atoms with van der Waals surface area (Å²) in [6.07, 6.45) is 1.33. The van der Waals surface area contributed by atoms with Gasteiger partial charge in [-0.25, -0.2) is 9.78 Å². The molecule has 7 heteroatoms. The average Bonchev–Trinajstić information content (AvgIpc) is 3.01. The van der Waals surface area contributed by atoms with Crippen molar-refractivity contribution in [2.45, 2.75) is 32.7 Å². The summed E-state index contributed by atoms with van der Waals surface area (Å²) in [4.78, 5) is 29.2. The predicted octanol–water partition coefficient (Wildman–Crippen LogP) is 3.39. The van der Waals surface area contributed by atoms with Gasteiger partial charge in [0.25, 0.3) is 0 Å². The number of benzene rings is 1. The Kier molecular flexibility index (Phi) is 4.92. The Morgan fingerprint density at radius 1 is 1.33 bits per heavy atom. The van der Waals surface area contributed by atoms with Crippen molar-refractivity contribution in [3.8, 4) is 5.75 Å². The molecule has 0 saturated heterocycles. The molecule has 1 aromatic heterocycles.